The van der Waals surface area contributed by atoms with Gasteiger partial charge in [0.2, 0.25) is 0 Å². The van der Waals surface area contributed by atoms with Gasteiger partial charge >= 0.3 is 0 Å². The highest BCUT2D eigenvalue weighted by Crippen LogP contribution is 2.29. The van der Waals surface area contributed by atoms with Crippen molar-refractivity contribution in [1.82, 2.24) is 4.98 Å². The summed E-state index contributed by atoms with van der Waals surface area (Å²) in [5, 5.41) is 15.0. The van der Waals surface area contributed by atoms with Gasteiger partial charge in [-0.05, 0) is 32.0 Å². The Morgan fingerprint density at radius 1 is 1.42 bits per heavy atom. The van der Waals surface area contributed by atoms with Crippen molar-refractivity contribution in [2.24, 2.45) is 0 Å². The third-order valence-corrected chi connectivity index (χ3v) is 2.75. The summed E-state index contributed by atoms with van der Waals surface area (Å²) in [6, 6.07) is 6.82. The summed E-state index contributed by atoms with van der Waals surface area (Å²) >= 11 is 0. The Labute approximate surface area is 111 Å². The summed E-state index contributed by atoms with van der Waals surface area (Å²) in [5.41, 5.74) is 2.51. The largest absolute Gasteiger partial charge is 0.381 e. The number of nitro benzene ring substituents is 1. The molecule has 0 aliphatic heterocycles. The first-order valence-electron chi connectivity index (χ1n) is 5.99. The molecule has 5 nitrogen and oxygen atoms in total. The number of benzene rings is 1. The predicted octanol–water partition coefficient (Wildman–Crippen LogP) is 3.52. The van der Waals surface area contributed by atoms with E-state index in [9.17, 15) is 10.1 Å². The molecule has 0 atom stereocenters. The Morgan fingerprint density at radius 2 is 2.21 bits per heavy atom. The second kappa shape index (κ2) is 5.48. The van der Waals surface area contributed by atoms with E-state index in [0.29, 0.717) is 12.1 Å². The quantitative estimate of drug-likeness (QED) is 0.517. The minimum atomic E-state index is -0.408. The fourth-order valence-electron chi connectivity index (χ4n) is 1.82. The van der Waals surface area contributed by atoms with Crippen LogP contribution in [0.2, 0.25) is 0 Å². The average molecular weight is 257 g/mol. The van der Waals surface area contributed by atoms with E-state index in [-0.39, 0.29) is 5.69 Å². The number of nitrogens with zero attached hydrogens (tertiary/aromatic N) is 2. The Balaban J connectivity index is 2.44. The molecule has 0 saturated carbocycles. The van der Waals surface area contributed by atoms with Crippen LogP contribution in [0.25, 0.3) is 10.9 Å². The fourth-order valence-corrected chi connectivity index (χ4v) is 1.82. The lowest BCUT2D eigenvalue weighted by atomic mass is 10.1. The van der Waals surface area contributed by atoms with Crippen molar-refractivity contribution in [3.63, 3.8) is 0 Å². The number of hydrogen-bond acceptors (Lipinski definition) is 4. The molecule has 0 bridgehead atoms. The number of non-ortho nitro benzene ring substituents is 1. The summed E-state index contributed by atoms with van der Waals surface area (Å²) in [6.07, 6.45) is 3.62. The number of aromatic nitrogens is 1. The molecule has 98 valence electrons. The number of pyridine rings is 1. The molecule has 0 radical (unpaired) electrons. The van der Waals surface area contributed by atoms with Crippen LogP contribution in [0.1, 0.15) is 13.8 Å². The van der Waals surface area contributed by atoms with Crippen LogP contribution in [-0.2, 0) is 0 Å². The van der Waals surface area contributed by atoms with E-state index in [1.165, 1.54) is 11.6 Å². The monoisotopic (exact) mass is 257 g/mol. The van der Waals surface area contributed by atoms with Gasteiger partial charge in [0, 0.05) is 29.9 Å². The molecule has 0 unspecified atom stereocenters. The van der Waals surface area contributed by atoms with Crippen LogP contribution in [0.3, 0.4) is 0 Å². The van der Waals surface area contributed by atoms with Gasteiger partial charge in [-0.2, -0.15) is 0 Å². The molecule has 1 heterocycles. The second-order valence-electron chi connectivity index (χ2n) is 4.45. The maximum absolute atomic E-state index is 11.0. The molecule has 1 aromatic carbocycles. The van der Waals surface area contributed by atoms with Crippen molar-refractivity contribution in [1.29, 1.82) is 0 Å². The zero-order chi connectivity index (χ0) is 13.8. The van der Waals surface area contributed by atoms with Crippen molar-refractivity contribution in [2.75, 3.05) is 11.9 Å². The maximum atomic E-state index is 11.0. The van der Waals surface area contributed by atoms with Crippen molar-refractivity contribution >= 4 is 22.3 Å². The molecule has 0 amide bonds. The van der Waals surface area contributed by atoms with Crippen LogP contribution < -0.4 is 5.32 Å². The predicted molar refractivity (Wildman–Crippen MR) is 76.3 cm³/mol. The molecular formula is C14H15N3O2. The van der Waals surface area contributed by atoms with Crippen LogP contribution >= 0.6 is 0 Å². The molecule has 1 N–H and O–H groups in total. The first-order valence-corrected chi connectivity index (χ1v) is 5.99. The highest BCUT2D eigenvalue weighted by Gasteiger charge is 2.14. The van der Waals surface area contributed by atoms with Gasteiger partial charge in [-0.25, -0.2) is 4.98 Å². The third-order valence-electron chi connectivity index (χ3n) is 2.75. The minimum absolute atomic E-state index is 0.0309. The van der Waals surface area contributed by atoms with Crippen molar-refractivity contribution < 1.29 is 4.92 Å². The maximum Gasteiger partial charge on any atom is 0.295 e. The van der Waals surface area contributed by atoms with Crippen LogP contribution in [-0.4, -0.2) is 16.5 Å². The van der Waals surface area contributed by atoms with Crippen molar-refractivity contribution in [3.8, 4) is 0 Å². The number of nitro groups is 1. The van der Waals surface area contributed by atoms with E-state index in [1.807, 2.05) is 19.9 Å². The molecule has 0 spiro atoms. The number of allylic oxidation sites excluding steroid dienone is 1. The van der Waals surface area contributed by atoms with E-state index >= 15 is 0 Å². The summed E-state index contributed by atoms with van der Waals surface area (Å²) in [6.45, 7) is 4.73. The van der Waals surface area contributed by atoms with Crippen LogP contribution in [0.15, 0.2) is 42.1 Å². The van der Waals surface area contributed by atoms with Crippen molar-refractivity contribution in [3.05, 3.63) is 52.2 Å². The molecule has 2 aromatic rings. The summed E-state index contributed by atoms with van der Waals surface area (Å²) in [7, 11) is 0. The zero-order valence-corrected chi connectivity index (χ0v) is 10.9. The summed E-state index contributed by atoms with van der Waals surface area (Å²) in [4.78, 5) is 14.7. The van der Waals surface area contributed by atoms with Gasteiger partial charge < -0.3 is 5.32 Å². The van der Waals surface area contributed by atoms with E-state index in [2.05, 4.69) is 16.4 Å². The minimum Gasteiger partial charge on any atom is -0.381 e. The molecule has 19 heavy (non-hydrogen) atoms. The molecule has 0 saturated heterocycles. The first kappa shape index (κ1) is 13.0. The van der Waals surface area contributed by atoms with E-state index in [0.717, 1.165) is 11.1 Å². The Hall–Kier alpha value is -2.43. The molecule has 0 fully saturated rings. The number of nitrogens with one attached hydrogen (secondary N) is 1. The van der Waals surface area contributed by atoms with Crippen LogP contribution in [0, 0.1) is 10.1 Å². The van der Waals surface area contributed by atoms with Crippen LogP contribution in [0.4, 0.5) is 11.4 Å². The summed E-state index contributed by atoms with van der Waals surface area (Å²) in [5.74, 6) is 0. The van der Waals surface area contributed by atoms with E-state index in [1.54, 1.807) is 18.3 Å². The van der Waals surface area contributed by atoms with Gasteiger partial charge in [-0.1, -0.05) is 11.6 Å². The third kappa shape index (κ3) is 2.88. The Morgan fingerprint density at radius 3 is 2.89 bits per heavy atom. The molecule has 0 aliphatic carbocycles. The van der Waals surface area contributed by atoms with Gasteiger partial charge in [0.15, 0.2) is 0 Å². The van der Waals surface area contributed by atoms with Gasteiger partial charge in [-0.15, -0.1) is 0 Å². The number of fused-ring (bicyclic) bond motifs is 1. The lowest BCUT2D eigenvalue weighted by Crippen LogP contribution is -2.01. The topological polar surface area (TPSA) is 68.1 Å². The first-order chi connectivity index (χ1) is 9.09. The molecular weight excluding hydrogens is 242 g/mol. The highest BCUT2D eigenvalue weighted by molar-refractivity contribution is 5.96. The molecule has 2 rings (SSSR count). The Kier molecular flexibility index (Phi) is 3.75. The molecule has 1 aromatic heterocycles. The number of hydrogen-bond donors (Lipinski definition) is 1. The van der Waals surface area contributed by atoms with Gasteiger partial charge in [0.05, 0.1) is 4.92 Å². The highest BCUT2D eigenvalue weighted by atomic mass is 16.6. The van der Waals surface area contributed by atoms with E-state index in [4.69, 9.17) is 0 Å². The zero-order valence-electron chi connectivity index (χ0n) is 10.9. The van der Waals surface area contributed by atoms with Gasteiger partial charge in [0.1, 0.15) is 5.52 Å². The fraction of sp³-hybridized carbons (Fsp3) is 0.214. The normalized spacial score (nSPS) is 10.2. The number of rotatable bonds is 4. The van der Waals surface area contributed by atoms with Crippen molar-refractivity contribution in [2.45, 2.75) is 13.8 Å². The lowest BCUT2D eigenvalue weighted by Gasteiger charge is -2.08. The van der Waals surface area contributed by atoms with Crippen LogP contribution in [0.5, 0.6) is 0 Å². The molecule has 0 aliphatic rings. The van der Waals surface area contributed by atoms with Gasteiger partial charge in [-0.3, -0.25) is 10.1 Å². The molecule has 5 heteroatoms. The SMILES string of the molecule is CC(C)=CCNc1ccc([N+](=O)[O-])c2ncccc12. The Bertz CT molecular complexity index is 646. The standard InChI is InChI=1S/C14H15N3O2/c1-10(2)7-9-15-12-5-6-13(17(18)19)14-11(12)4-3-8-16-14/h3-8,15H,9H2,1-2H3. The smallest absolute Gasteiger partial charge is 0.295 e. The lowest BCUT2D eigenvalue weighted by molar-refractivity contribution is -0.383. The van der Waals surface area contributed by atoms with Gasteiger partial charge in [0.25, 0.3) is 5.69 Å². The average Bonchev–Trinajstić information content (AvgIpc) is 2.38. The second-order valence-corrected chi connectivity index (χ2v) is 4.45. The summed E-state index contributed by atoms with van der Waals surface area (Å²) < 4.78 is 0. The number of anilines is 1. The van der Waals surface area contributed by atoms with E-state index < -0.39 is 4.92 Å².